The van der Waals surface area contributed by atoms with Gasteiger partial charge in [0.1, 0.15) is 6.04 Å². The molecule has 0 amide bonds. The van der Waals surface area contributed by atoms with Crippen LogP contribution in [0.2, 0.25) is 5.02 Å². The minimum absolute atomic E-state index is 0.423. The van der Waals surface area contributed by atoms with Gasteiger partial charge in [-0.05, 0) is 56.6 Å². The number of aryl methyl sites for hydroxylation is 1. The van der Waals surface area contributed by atoms with Crippen LogP contribution < -0.4 is 0 Å². The molecule has 0 bridgehead atoms. The SMILES string of the molecule is Cc1cc(CN2CCCCC2C(=O)O)nc(-c2ccc(Cl)cc2)n1. The van der Waals surface area contributed by atoms with E-state index in [0.717, 1.165) is 36.3 Å². The predicted octanol–water partition coefficient (Wildman–Crippen LogP) is 3.54. The number of aliphatic carboxylic acids is 1. The number of likely N-dealkylation sites (tertiary alicyclic amines) is 1. The van der Waals surface area contributed by atoms with Gasteiger partial charge in [0, 0.05) is 22.8 Å². The molecule has 5 nitrogen and oxygen atoms in total. The summed E-state index contributed by atoms with van der Waals surface area (Å²) in [6.07, 6.45) is 2.69. The van der Waals surface area contributed by atoms with Crippen LogP contribution >= 0.6 is 11.6 Å². The summed E-state index contributed by atoms with van der Waals surface area (Å²) in [5.41, 5.74) is 2.62. The van der Waals surface area contributed by atoms with E-state index < -0.39 is 12.0 Å². The van der Waals surface area contributed by atoms with Gasteiger partial charge in [-0.25, -0.2) is 9.97 Å². The van der Waals surface area contributed by atoms with Crippen LogP contribution in [-0.4, -0.2) is 38.5 Å². The molecule has 1 aromatic carbocycles. The van der Waals surface area contributed by atoms with Crippen LogP contribution in [0.25, 0.3) is 11.4 Å². The Hall–Kier alpha value is -1.98. The van der Waals surface area contributed by atoms with Gasteiger partial charge in [0.05, 0.1) is 5.69 Å². The molecule has 1 fully saturated rings. The summed E-state index contributed by atoms with van der Waals surface area (Å²) in [5.74, 6) is -0.107. The van der Waals surface area contributed by atoms with Crippen LogP contribution in [0.4, 0.5) is 0 Å². The molecule has 0 spiro atoms. The molecule has 2 aromatic rings. The van der Waals surface area contributed by atoms with E-state index in [1.54, 1.807) is 0 Å². The van der Waals surface area contributed by atoms with Gasteiger partial charge < -0.3 is 5.11 Å². The monoisotopic (exact) mass is 345 g/mol. The Bertz CT molecular complexity index is 734. The van der Waals surface area contributed by atoms with E-state index in [4.69, 9.17) is 11.6 Å². The number of benzene rings is 1. The Kier molecular flexibility index (Phi) is 5.11. The topological polar surface area (TPSA) is 66.3 Å². The Labute approximate surface area is 146 Å². The number of carbonyl (C=O) groups is 1. The molecule has 6 heteroatoms. The fourth-order valence-electron chi connectivity index (χ4n) is 3.11. The lowest BCUT2D eigenvalue weighted by atomic mass is 10.0. The maximum absolute atomic E-state index is 11.5. The first-order chi connectivity index (χ1) is 11.5. The van der Waals surface area contributed by atoms with Gasteiger partial charge in [0.2, 0.25) is 0 Å². The zero-order chi connectivity index (χ0) is 17.1. The molecule has 1 saturated heterocycles. The van der Waals surface area contributed by atoms with Crippen molar-refractivity contribution in [3.8, 4) is 11.4 Å². The van der Waals surface area contributed by atoms with Crippen LogP contribution in [0, 0.1) is 6.92 Å². The first-order valence-electron chi connectivity index (χ1n) is 8.10. The summed E-state index contributed by atoms with van der Waals surface area (Å²) < 4.78 is 0. The van der Waals surface area contributed by atoms with E-state index in [0.29, 0.717) is 23.8 Å². The summed E-state index contributed by atoms with van der Waals surface area (Å²) in [7, 11) is 0. The number of aromatic nitrogens is 2. The highest BCUT2D eigenvalue weighted by Gasteiger charge is 2.28. The quantitative estimate of drug-likeness (QED) is 0.918. The Balaban J connectivity index is 1.85. The standard InChI is InChI=1S/C18H20ClN3O2/c1-12-10-15(11-22-9-3-2-4-16(22)18(23)24)21-17(20-12)13-5-7-14(19)8-6-13/h5-8,10,16H,2-4,9,11H2,1H3,(H,23,24). The van der Waals surface area contributed by atoms with Crippen LogP contribution in [-0.2, 0) is 11.3 Å². The normalized spacial score (nSPS) is 18.5. The van der Waals surface area contributed by atoms with E-state index in [1.165, 1.54) is 0 Å². The summed E-state index contributed by atoms with van der Waals surface area (Å²) in [5, 5.41) is 10.1. The maximum atomic E-state index is 11.5. The van der Waals surface area contributed by atoms with Crippen LogP contribution in [0.3, 0.4) is 0 Å². The molecule has 1 aromatic heterocycles. The number of carboxylic acids is 1. The lowest BCUT2D eigenvalue weighted by molar-refractivity contribution is -0.144. The van der Waals surface area contributed by atoms with Gasteiger partial charge in [0.15, 0.2) is 5.82 Å². The molecular formula is C18H20ClN3O2. The van der Waals surface area contributed by atoms with Crippen molar-refractivity contribution in [1.82, 2.24) is 14.9 Å². The second-order valence-electron chi connectivity index (χ2n) is 6.15. The summed E-state index contributed by atoms with van der Waals surface area (Å²) in [6.45, 7) is 3.24. The summed E-state index contributed by atoms with van der Waals surface area (Å²) >= 11 is 5.93. The number of piperidine rings is 1. The van der Waals surface area contributed by atoms with Gasteiger partial charge in [-0.3, -0.25) is 9.69 Å². The number of halogens is 1. The van der Waals surface area contributed by atoms with E-state index in [2.05, 4.69) is 9.97 Å². The summed E-state index contributed by atoms with van der Waals surface area (Å²) in [4.78, 5) is 22.6. The smallest absolute Gasteiger partial charge is 0.320 e. The Morgan fingerprint density at radius 1 is 1.29 bits per heavy atom. The third-order valence-electron chi connectivity index (χ3n) is 4.27. The molecule has 1 unspecified atom stereocenters. The zero-order valence-electron chi connectivity index (χ0n) is 13.6. The largest absolute Gasteiger partial charge is 0.480 e. The Morgan fingerprint density at radius 3 is 2.75 bits per heavy atom. The lowest BCUT2D eigenvalue weighted by Crippen LogP contribution is -2.44. The van der Waals surface area contributed by atoms with Crippen molar-refractivity contribution in [2.75, 3.05) is 6.54 Å². The molecule has 1 aliphatic heterocycles. The van der Waals surface area contributed by atoms with Gasteiger partial charge in [-0.1, -0.05) is 18.0 Å². The molecule has 1 aliphatic rings. The van der Waals surface area contributed by atoms with E-state index in [1.807, 2.05) is 42.2 Å². The fraction of sp³-hybridized carbons (Fsp3) is 0.389. The number of hydrogen-bond donors (Lipinski definition) is 1. The highest BCUT2D eigenvalue weighted by atomic mass is 35.5. The number of rotatable bonds is 4. The number of hydrogen-bond acceptors (Lipinski definition) is 4. The van der Waals surface area contributed by atoms with Crippen LogP contribution in [0.15, 0.2) is 30.3 Å². The van der Waals surface area contributed by atoms with E-state index in [-0.39, 0.29) is 0 Å². The van der Waals surface area contributed by atoms with E-state index in [9.17, 15) is 9.90 Å². The summed E-state index contributed by atoms with van der Waals surface area (Å²) in [6, 6.07) is 8.91. The second kappa shape index (κ2) is 7.28. The Morgan fingerprint density at radius 2 is 2.04 bits per heavy atom. The minimum Gasteiger partial charge on any atom is -0.480 e. The van der Waals surface area contributed by atoms with Crippen molar-refractivity contribution in [3.05, 3.63) is 46.7 Å². The van der Waals surface area contributed by atoms with Crippen molar-refractivity contribution in [2.24, 2.45) is 0 Å². The van der Waals surface area contributed by atoms with Crippen LogP contribution in [0.1, 0.15) is 30.7 Å². The minimum atomic E-state index is -0.751. The highest BCUT2D eigenvalue weighted by Crippen LogP contribution is 2.22. The van der Waals surface area contributed by atoms with Crippen molar-refractivity contribution in [3.63, 3.8) is 0 Å². The van der Waals surface area contributed by atoms with Gasteiger partial charge >= 0.3 is 5.97 Å². The first kappa shape index (κ1) is 16.9. The number of nitrogens with zero attached hydrogens (tertiary/aromatic N) is 3. The molecule has 0 saturated carbocycles. The number of carboxylic acid groups (broad SMARTS) is 1. The predicted molar refractivity (Wildman–Crippen MR) is 92.9 cm³/mol. The molecule has 24 heavy (non-hydrogen) atoms. The zero-order valence-corrected chi connectivity index (χ0v) is 14.3. The molecule has 0 aliphatic carbocycles. The third-order valence-corrected chi connectivity index (χ3v) is 4.53. The average Bonchev–Trinajstić information content (AvgIpc) is 2.55. The van der Waals surface area contributed by atoms with Crippen molar-refractivity contribution < 1.29 is 9.90 Å². The van der Waals surface area contributed by atoms with Crippen molar-refractivity contribution in [2.45, 2.75) is 38.8 Å². The average molecular weight is 346 g/mol. The van der Waals surface area contributed by atoms with Crippen molar-refractivity contribution in [1.29, 1.82) is 0 Å². The van der Waals surface area contributed by atoms with Gasteiger partial charge in [0.25, 0.3) is 0 Å². The molecule has 3 rings (SSSR count). The lowest BCUT2D eigenvalue weighted by Gasteiger charge is -2.32. The molecule has 2 heterocycles. The third kappa shape index (κ3) is 3.91. The highest BCUT2D eigenvalue weighted by molar-refractivity contribution is 6.30. The first-order valence-corrected chi connectivity index (χ1v) is 8.48. The molecule has 0 radical (unpaired) electrons. The molecule has 126 valence electrons. The molecule has 1 atom stereocenters. The van der Waals surface area contributed by atoms with Crippen LogP contribution in [0.5, 0.6) is 0 Å². The van der Waals surface area contributed by atoms with Gasteiger partial charge in [-0.2, -0.15) is 0 Å². The maximum Gasteiger partial charge on any atom is 0.320 e. The molecular weight excluding hydrogens is 326 g/mol. The van der Waals surface area contributed by atoms with E-state index >= 15 is 0 Å². The fourth-order valence-corrected chi connectivity index (χ4v) is 3.24. The second-order valence-corrected chi connectivity index (χ2v) is 6.59. The van der Waals surface area contributed by atoms with Crippen molar-refractivity contribution >= 4 is 17.6 Å². The molecule has 1 N–H and O–H groups in total. The van der Waals surface area contributed by atoms with Gasteiger partial charge in [-0.15, -0.1) is 0 Å².